The van der Waals surface area contributed by atoms with Crippen LogP contribution in [0.5, 0.6) is 0 Å². The van der Waals surface area contributed by atoms with Crippen molar-refractivity contribution in [3.05, 3.63) is 47.3 Å². The van der Waals surface area contributed by atoms with Crippen LogP contribution in [-0.2, 0) is 11.0 Å². The molecule has 0 saturated heterocycles. The van der Waals surface area contributed by atoms with Crippen LogP contribution in [0.1, 0.15) is 5.56 Å². The SMILES string of the molecule is Nn1c(SCC(=O)Nc2ccccc2C(F)(F)F)nnc1-c1cccs1. The van der Waals surface area contributed by atoms with Crippen molar-refractivity contribution in [1.82, 2.24) is 14.9 Å². The molecular weight excluding hydrogens is 387 g/mol. The number of rotatable bonds is 5. The summed E-state index contributed by atoms with van der Waals surface area (Å²) in [5.74, 6) is 5.60. The van der Waals surface area contributed by atoms with Gasteiger partial charge in [0.25, 0.3) is 0 Å². The fourth-order valence-corrected chi connectivity index (χ4v) is 3.47. The smallest absolute Gasteiger partial charge is 0.335 e. The number of anilines is 1. The van der Waals surface area contributed by atoms with Gasteiger partial charge in [-0.2, -0.15) is 13.2 Å². The lowest BCUT2D eigenvalue weighted by Crippen LogP contribution is -2.19. The van der Waals surface area contributed by atoms with E-state index in [-0.39, 0.29) is 16.6 Å². The standard InChI is InChI=1S/C15H12F3N5OS2/c16-15(17,18)9-4-1-2-5-10(9)20-12(24)8-26-14-22-21-13(23(14)19)11-6-3-7-25-11/h1-7H,8,19H2,(H,20,24). The molecule has 0 aliphatic carbocycles. The first-order chi connectivity index (χ1) is 12.4. The Labute approximate surface area is 154 Å². The normalized spacial score (nSPS) is 11.5. The second kappa shape index (κ2) is 7.38. The van der Waals surface area contributed by atoms with E-state index >= 15 is 0 Å². The van der Waals surface area contributed by atoms with Gasteiger partial charge in [-0.15, -0.1) is 21.5 Å². The second-order valence-electron chi connectivity index (χ2n) is 5.03. The maximum absolute atomic E-state index is 12.9. The molecule has 3 N–H and O–H groups in total. The maximum Gasteiger partial charge on any atom is 0.418 e. The van der Waals surface area contributed by atoms with Gasteiger partial charge in [0.2, 0.25) is 11.1 Å². The van der Waals surface area contributed by atoms with Gasteiger partial charge in [0.1, 0.15) is 0 Å². The number of amides is 1. The quantitative estimate of drug-likeness (QED) is 0.507. The van der Waals surface area contributed by atoms with E-state index in [1.54, 1.807) is 0 Å². The van der Waals surface area contributed by atoms with Crippen LogP contribution in [0.3, 0.4) is 0 Å². The molecular formula is C15H12F3N5OS2. The molecule has 26 heavy (non-hydrogen) atoms. The Bertz CT molecular complexity index is 908. The van der Waals surface area contributed by atoms with Gasteiger partial charge in [-0.3, -0.25) is 4.79 Å². The first kappa shape index (κ1) is 18.3. The molecule has 3 rings (SSSR count). The van der Waals surface area contributed by atoms with E-state index in [0.29, 0.717) is 5.82 Å². The molecule has 0 spiro atoms. The molecule has 0 aliphatic rings. The highest BCUT2D eigenvalue weighted by Gasteiger charge is 2.33. The topological polar surface area (TPSA) is 85.8 Å². The van der Waals surface area contributed by atoms with Gasteiger partial charge in [-0.05, 0) is 23.6 Å². The van der Waals surface area contributed by atoms with Crippen LogP contribution in [0.2, 0.25) is 0 Å². The first-order valence-corrected chi connectivity index (χ1v) is 9.06. The Hall–Kier alpha value is -2.53. The Morgan fingerprint density at radius 1 is 1.23 bits per heavy atom. The van der Waals surface area contributed by atoms with Crippen molar-refractivity contribution in [1.29, 1.82) is 0 Å². The molecule has 136 valence electrons. The highest BCUT2D eigenvalue weighted by atomic mass is 32.2. The van der Waals surface area contributed by atoms with Crippen molar-refractivity contribution in [3.8, 4) is 10.7 Å². The van der Waals surface area contributed by atoms with E-state index in [1.807, 2.05) is 17.5 Å². The number of benzene rings is 1. The highest BCUT2D eigenvalue weighted by molar-refractivity contribution is 7.99. The molecule has 0 bridgehead atoms. The van der Waals surface area contributed by atoms with Crippen LogP contribution in [0.15, 0.2) is 46.9 Å². The third kappa shape index (κ3) is 3.99. The zero-order valence-electron chi connectivity index (χ0n) is 13.0. The number of halogens is 3. The number of nitrogen functional groups attached to an aromatic ring is 1. The molecule has 2 aromatic heterocycles. The first-order valence-electron chi connectivity index (χ1n) is 7.19. The molecule has 1 amide bonds. The molecule has 0 atom stereocenters. The van der Waals surface area contributed by atoms with Crippen LogP contribution >= 0.6 is 23.1 Å². The van der Waals surface area contributed by atoms with Crippen LogP contribution in [-0.4, -0.2) is 26.5 Å². The average molecular weight is 399 g/mol. The summed E-state index contributed by atoms with van der Waals surface area (Å²) in [6.45, 7) is 0. The number of alkyl halides is 3. The summed E-state index contributed by atoms with van der Waals surface area (Å²) in [5, 5.41) is 12.3. The number of carbonyl (C=O) groups is 1. The summed E-state index contributed by atoms with van der Waals surface area (Å²) in [4.78, 5) is 12.8. The Balaban J connectivity index is 1.66. The summed E-state index contributed by atoms with van der Waals surface area (Å²) in [6.07, 6.45) is -4.55. The van der Waals surface area contributed by atoms with Crippen molar-refractivity contribution in [2.24, 2.45) is 0 Å². The number of thiophene rings is 1. The van der Waals surface area contributed by atoms with Gasteiger partial charge < -0.3 is 11.2 Å². The molecule has 2 heterocycles. The largest absolute Gasteiger partial charge is 0.418 e. The maximum atomic E-state index is 12.9. The van der Waals surface area contributed by atoms with E-state index in [9.17, 15) is 18.0 Å². The van der Waals surface area contributed by atoms with Crippen LogP contribution in [0.25, 0.3) is 10.7 Å². The van der Waals surface area contributed by atoms with Gasteiger partial charge in [0.05, 0.1) is 21.9 Å². The van der Waals surface area contributed by atoms with E-state index in [2.05, 4.69) is 15.5 Å². The third-order valence-corrected chi connectivity index (χ3v) is 5.05. The predicted molar refractivity (Wildman–Crippen MR) is 94.3 cm³/mol. The van der Waals surface area contributed by atoms with Gasteiger partial charge in [-0.25, -0.2) is 4.68 Å². The van der Waals surface area contributed by atoms with Crippen molar-refractivity contribution >= 4 is 34.7 Å². The van der Waals surface area contributed by atoms with Gasteiger partial charge in [0, 0.05) is 0 Å². The number of nitrogens with one attached hydrogen (secondary N) is 1. The molecule has 0 unspecified atom stereocenters. The Kier molecular flexibility index (Phi) is 5.18. The van der Waals surface area contributed by atoms with Gasteiger partial charge in [-0.1, -0.05) is 30.0 Å². The zero-order chi connectivity index (χ0) is 18.7. The monoisotopic (exact) mass is 399 g/mol. The fourth-order valence-electron chi connectivity index (χ4n) is 2.10. The number of para-hydroxylation sites is 1. The number of nitrogens with zero attached hydrogens (tertiary/aromatic N) is 3. The molecule has 0 saturated carbocycles. The van der Waals surface area contributed by atoms with Crippen molar-refractivity contribution < 1.29 is 18.0 Å². The van der Waals surface area contributed by atoms with Crippen molar-refractivity contribution in [2.45, 2.75) is 11.3 Å². The minimum Gasteiger partial charge on any atom is -0.335 e. The number of nitrogens with two attached hydrogens (primary N) is 1. The number of hydrogen-bond acceptors (Lipinski definition) is 6. The number of thioether (sulfide) groups is 1. The summed E-state index contributed by atoms with van der Waals surface area (Å²) < 4.78 is 40.1. The second-order valence-corrected chi connectivity index (χ2v) is 6.92. The van der Waals surface area contributed by atoms with Gasteiger partial charge >= 0.3 is 6.18 Å². The molecule has 0 aliphatic heterocycles. The molecule has 6 nitrogen and oxygen atoms in total. The fraction of sp³-hybridized carbons (Fsp3) is 0.133. The van der Waals surface area contributed by atoms with E-state index in [0.717, 1.165) is 22.7 Å². The molecule has 1 aromatic carbocycles. The van der Waals surface area contributed by atoms with Crippen LogP contribution in [0.4, 0.5) is 18.9 Å². The minimum atomic E-state index is -4.55. The molecule has 0 radical (unpaired) electrons. The average Bonchev–Trinajstić information content (AvgIpc) is 3.22. The van der Waals surface area contributed by atoms with E-state index in [1.165, 1.54) is 34.2 Å². The summed E-state index contributed by atoms with van der Waals surface area (Å²) >= 11 is 2.42. The summed E-state index contributed by atoms with van der Waals surface area (Å²) in [7, 11) is 0. The van der Waals surface area contributed by atoms with Crippen molar-refractivity contribution in [3.63, 3.8) is 0 Å². The number of aromatic nitrogens is 3. The van der Waals surface area contributed by atoms with Crippen LogP contribution < -0.4 is 11.2 Å². The number of hydrogen-bond donors (Lipinski definition) is 2. The third-order valence-electron chi connectivity index (χ3n) is 3.25. The highest BCUT2D eigenvalue weighted by Crippen LogP contribution is 2.34. The zero-order valence-corrected chi connectivity index (χ0v) is 14.7. The van der Waals surface area contributed by atoms with Crippen LogP contribution in [0, 0.1) is 0 Å². The number of carbonyl (C=O) groups excluding carboxylic acids is 1. The lowest BCUT2D eigenvalue weighted by molar-refractivity contribution is -0.137. The predicted octanol–water partition coefficient (Wildman–Crippen LogP) is 3.47. The minimum absolute atomic E-state index is 0.161. The Morgan fingerprint density at radius 2 is 2.00 bits per heavy atom. The van der Waals surface area contributed by atoms with Crippen molar-refractivity contribution in [2.75, 3.05) is 16.9 Å². The van der Waals surface area contributed by atoms with Gasteiger partial charge in [0.15, 0.2) is 5.82 Å². The van der Waals surface area contributed by atoms with E-state index in [4.69, 9.17) is 5.84 Å². The lowest BCUT2D eigenvalue weighted by atomic mass is 10.1. The molecule has 11 heteroatoms. The summed E-state index contributed by atoms with van der Waals surface area (Å²) in [5.41, 5.74) is -1.19. The van der Waals surface area contributed by atoms with E-state index < -0.39 is 17.6 Å². The molecule has 3 aromatic rings. The Morgan fingerprint density at radius 3 is 2.69 bits per heavy atom. The summed E-state index contributed by atoms with van der Waals surface area (Å²) in [6, 6.07) is 8.45. The lowest BCUT2D eigenvalue weighted by Gasteiger charge is -2.13. The molecule has 0 fully saturated rings.